The number of carbonyl (C=O) groups excluding carboxylic acids is 2. The first-order valence-corrected chi connectivity index (χ1v) is 7.81. The van der Waals surface area contributed by atoms with Gasteiger partial charge in [-0.25, -0.2) is 0 Å². The Balaban J connectivity index is 1.83. The summed E-state index contributed by atoms with van der Waals surface area (Å²) in [5, 5.41) is 2.74. The van der Waals surface area contributed by atoms with E-state index < -0.39 is 0 Å². The summed E-state index contributed by atoms with van der Waals surface area (Å²) in [6.07, 6.45) is 2.14. The first kappa shape index (κ1) is 17.6. The van der Waals surface area contributed by atoms with Crippen molar-refractivity contribution >= 4 is 11.8 Å². The molecule has 0 fully saturated rings. The Bertz CT molecular complexity index is 667. The van der Waals surface area contributed by atoms with Crippen LogP contribution in [0.5, 0.6) is 5.75 Å². The van der Waals surface area contributed by atoms with Crippen LogP contribution in [0.4, 0.5) is 0 Å². The Labute approximate surface area is 141 Å². The third-order valence-corrected chi connectivity index (χ3v) is 3.70. The molecule has 0 aliphatic rings. The lowest BCUT2D eigenvalue weighted by Gasteiger charge is -2.21. The number of furan rings is 1. The number of nitrogens with zero attached hydrogens (tertiary/aromatic N) is 1. The van der Waals surface area contributed by atoms with E-state index in [9.17, 15) is 9.59 Å². The minimum absolute atomic E-state index is 0.0304. The molecule has 0 radical (unpaired) electrons. The van der Waals surface area contributed by atoms with Crippen molar-refractivity contribution in [2.24, 2.45) is 0 Å². The van der Waals surface area contributed by atoms with Gasteiger partial charge in [-0.05, 0) is 30.2 Å². The van der Waals surface area contributed by atoms with Crippen LogP contribution in [0.25, 0.3) is 0 Å². The number of ether oxygens (including phenoxy) is 1. The number of rotatable bonds is 8. The highest BCUT2D eigenvalue weighted by Gasteiger charge is 2.12. The second-order valence-corrected chi connectivity index (χ2v) is 5.30. The fourth-order valence-electron chi connectivity index (χ4n) is 2.39. The van der Waals surface area contributed by atoms with Gasteiger partial charge in [-0.3, -0.25) is 9.59 Å². The topological polar surface area (TPSA) is 71.8 Å². The normalized spacial score (nSPS) is 10.2. The van der Waals surface area contributed by atoms with Gasteiger partial charge in [0.2, 0.25) is 5.91 Å². The number of amides is 2. The molecule has 0 spiro atoms. The first-order valence-electron chi connectivity index (χ1n) is 7.81. The lowest BCUT2D eigenvalue weighted by Crippen LogP contribution is -2.38. The van der Waals surface area contributed by atoms with Crippen LogP contribution in [-0.4, -0.2) is 43.5 Å². The molecule has 0 aliphatic carbocycles. The van der Waals surface area contributed by atoms with Crippen molar-refractivity contribution in [2.45, 2.75) is 13.3 Å². The summed E-state index contributed by atoms with van der Waals surface area (Å²) in [4.78, 5) is 25.3. The maximum Gasteiger partial charge on any atom is 0.287 e. The number of carbonyl (C=O) groups is 2. The molecule has 0 unspecified atom stereocenters. The van der Waals surface area contributed by atoms with E-state index >= 15 is 0 Å². The van der Waals surface area contributed by atoms with Crippen LogP contribution in [0, 0.1) is 0 Å². The zero-order chi connectivity index (χ0) is 17.4. The van der Waals surface area contributed by atoms with Gasteiger partial charge in [-0.2, -0.15) is 0 Å². The molecule has 6 nitrogen and oxygen atoms in total. The van der Waals surface area contributed by atoms with Gasteiger partial charge in [-0.15, -0.1) is 0 Å². The predicted molar refractivity (Wildman–Crippen MR) is 90.0 cm³/mol. The average Bonchev–Trinajstić information content (AvgIpc) is 3.12. The van der Waals surface area contributed by atoms with E-state index in [-0.39, 0.29) is 17.6 Å². The number of methoxy groups -OCH3 is 1. The molecular weight excluding hydrogens is 308 g/mol. The van der Waals surface area contributed by atoms with E-state index in [1.165, 1.54) is 13.2 Å². The minimum atomic E-state index is -0.284. The van der Waals surface area contributed by atoms with E-state index in [0.717, 1.165) is 11.3 Å². The highest BCUT2D eigenvalue weighted by Crippen LogP contribution is 2.18. The van der Waals surface area contributed by atoms with Gasteiger partial charge >= 0.3 is 0 Å². The number of hydrogen-bond acceptors (Lipinski definition) is 4. The van der Waals surface area contributed by atoms with Gasteiger partial charge < -0.3 is 19.4 Å². The minimum Gasteiger partial charge on any atom is -0.496 e. The molecule has 2 amide bonds. The fraction of sp³-hybridized carbons (Fsp3) is 0.333. The molecule has 24 heavy (non-hydrogen) atoms. The summed E-state index contributed by atoms with van der Waals surface area (Å²) in [6, 6.07) is 11.0. The van der Waals surface area contributed by atoms with Crippen molar-refractivity contribution in [1.29, 1.82) is 0 Å². The van der Waals surface area contributed by atoms with Gasteiger partial charge in [-0.1, -0.05) is 18.2 Å². The molecule has 1 N–H and O–H groups in total. The van der Waals surface area contributed by atoms with Gasteiger partial charge in [0.15, 0.2) is 5.76 Å². The van der Waals surface area contributed by atoms with E-state index in [1.807, 2.05) is 24.3 Å². The van der Waals surface area contributed by atoms with E-state index in [4.69, 9.17) is 9.15 Å². The molecule has 0 saturated carbocycles. The molecule has 2 rings (SSSR count). The van der Waals surface area contributed by atoms with Gasteiger partial charge in [0.25, 0.3) is 5.91 Å². The molecular formula is C18H22N2O4. The lowest BCUT2D eigenvalue weighted by molar-refractivity contribution is -0.128. The van der Waals surface area contributed by atoms with Gasteiger partial charge in [0, 0.05) is 26.6 Å². The van der Waals surface area contributed by atoms with Crippen LogP contribution < -0.4 is 10.1 Å². The molecule has 0 aliphatic heterocycles. The standard InChI is InChI=1S/C18H22N2O4/c1-14(21)20(11-9-15-6-3-4-7-16(15)23-2)12-10-19-18(22)17-8-5-13-24-17/h3-8,13H,9-12H2,1-2H3,(H,19,22). The smallest absolute Gasteiger partial charge is 0.287 e. The van der Waals surface area contributed by atoms with Crippen molar-refractivity contribution in [3.05, 3.63) is 54.0 Å². The van der Waals surface area contributed by atoms with E-state index in [2.05, 4.69) is 5.32 Å². The molecule has 1 aromatic carbocycles. The lowest BCUT2D eigenvalue weighted by atomic mass is 10.1. The van der Waals surface area contributed by atoms with Crippen LogP contribution in [0.2, 0.25) is 0 Å². The van der Waals surface area contributed by atoms with E-state index in [0.29, 0.717) is 26.1 Å². The molecule has 1 heterocycles. The van der Waals surface area contributed by atoms with Crippen LogP contribution in [0.1, 0.15) is 23.0 Å². The second-order valence-electron chi connectivity index (χ2n) is 5.30. The Morgan fingerprint density at radius 3 is 2.62 bits per heavy atom. The molecule has 2 aromatic rings. The van der Waals surface area contributed by atoms with Gasteiger partial charge in [0.1, 0.15) is 5.75 Å². The van der Waals surface area contributed by atoms with Gasteiger partial charge in [0.05, 0.1) is 13.4 Å². The zero-order valence-electron chi connectivity index (χ0n) is 14.0. The summed E-state index contributed by atoms with van der Waals surface area (Å²) >= 11 is 0. The number of nitrogens with one attached hydrogen (secondary N) is 1. The third kappa shape index (κ3) is 4.87. The Morgan fingerprint density at radius 2 is 1.96 bits per heavy atom. The fourth-order valence-corrected chi connectivity index (χ4v) is 2.39. The quantitative estimate of drug-likeness (QED) is 0.805. The summed E-state index contributed by atoms with van der Waals surface area (Å²) in [5.74, 6) is 0.760. The Kier molecular flexibility index (Phi) is 6.42. The van der Waals surface area contributed by atoms with E-state index in [1.54, 1.807) is 24.1 Å². The van der Waals surface area contributed by atoms with Crippen molar-refractivity contribution in [2.75, 3.05) is 26.7 Å². The highest BCUT2D eigenvalue weighted by atomic mass is 16.5. The Hall–Kier alpha value is -2.76. The first-order chi connectivity index (χ1) is 11.6. The maximum absolute atomic E-state index is 11.8. The molecule has 0 bridgehead atoms. The Morgan fingerprint density at radius 1 is 1.17 bits per heavy atom. The number of benzene rings is 1. The monoisotopic (exact) mass is 330 g/mol. The molecule has 0 saturated heterocycles. The van der Waals surface area contributed by atoms with Crippen LogP contribution in [0.15, 0.2) is 47.1 Å². The largest absolute Gasteiger partial charge is 0.496 e. The SMILES string of the molecule is COc1ccccc1CCN(CCNC(=O)c1ccco1)C(C)=O. The summed E-state index contributed by atoms with van der Waals surface area (Å²) in [7, 11) is 1.63. The van der Waals surface area contributed by atoms with Crippen LogP contribution in [-0.2, 0) is 11.2 Å². The highest BCUT2D eigenvalue weighted by molar-refractivity contribution is 5.91. The predicted octanol–water partition coefficient (Wildman–Crippen LogP) is 2.11. The van der Waals surface area contributed by atoms with Crippen molar-refractivity contribution < 1.29 is 18.7 Å². The molecule has 128 valence electrons. The zero-order valence-corrected chi connectivity index (χ0v) is 14.0. The van der Waals surface area contributed by atoms with Crippen molar-refractivity contribution in [3.8, 4) is 5.75 Å². The van der Waals surface area contributed by atoms with Crippen LogP contribution >= 0.6 is 0 Å². The molecule has 6 heteroatoms. The summed E-state index contributed by atoms with van der Waals surface area (Å²) < 4.78 is 10.3. The maximum atomic E-state index is 11.8. The summed E-state index contributed by atoms with van der Waals surface area (Å²) in [6.45, 7) is 2.89. The average molecular weight is 330 g/mol. The molecule has 1 aromatic heterocycles. The number of hydrogen-bond donors (Lipinski definition) is 1. The van der Waals surface area contributed by atoms with Crippen molar-refractivity contribution in [1.82, 2.24) is 10.2 Å². The number of para-hydroxylation sites is 1. The van der Waals surface area contributed by atoms with Crippen molar-refractivity contribution in [3.63, 3.8) is 0 Å². The second kappa shape index (κ2) is 8.76. The summed E-state index contributed by atoms with van der Waals surface area (Å²) in [5.41, 5.74) is 1.05. The molecule has 0 atom stereocenters. The third-order valence-electron chi connectivity index (χ3n) is 3.70. The van der Waals surface area contributed by atoms with Crippen LogP contribution in [0.3, 0.4) is 0 Å².